The molecule has 2 atom stereocenters. The lowest BCUT2D eigenvalue weighted by Gasteiger charge is -2.36. The molecule has 1 fully saturated rings. The summed E-state index contributed by atoms with van der Waals surface area (Å²) in [6.45, 7) is 15.3. The number of aryl methyl sites for hydroxylation is 2. The second-order valence-corrected chi connectivity index (χ2v) is 8.19. The van der Waals surface area contributed by atoms with Gasteiger partial charge in [0.25, 0.3) is 0 Å². The average molecular weight is 309 g/mol. The van der Waals surface area contributed by atoms with Gasteiger partial charge in [0.2, 0.25) is 0 Å². The molecule has 0 aromatic carbocycles. The van der Waals surface area contributed by atoms with Crippen molar-refractivity contribution in [3.63, 3.8) is 0 Å². The van der Waals surface area contributed by atoms with Gasteiger partial charge >= 0.3 is 0 Å². The molecule has 0 aliphatic carbocycles. The van der Waals surface area contributed by atoms with E-state index in [-0.39, 0.29) is 0 Å². The largest absolute Gasteiger partial charge is 0.307 e. The Hall–Kier alpha value is -0.380. The second kappa shape index (κ2) is 7.75. The van der Waals surface area contributed by atoms with Gasteiger partial charge in [-0.2, -0.15) is 0 Å². The number of nitrogens with zero attached hydrogens (tertiary/aromatic N) is 1. The Kier molecular flexibility index (Phi) is 6.27. The van der Waals surface area contributed by atoms with Crippen LogP contribution in [0.3, 0.4) is 0 Å². The van der Waals surface area contributed by atoms with E-state index >= 15 is 0 Å². The number of piperidine rings is 1. The number of hydrogen-bond donors (Lipinski definition) is 1. The maximum Gasteiger partial charge on any atom is 0.0305 e. The lowest BCUT2D eigenvalue weighted by Crippen LogP contribution is -2.42. The first-order valence-corrected chi connectivity index (χ1v) is 9.38. The molecule has 0 bridgehead atoms. The van der Waals surface area contributed by atoms with Crippen molar-refractivity contribution in [2.45, 2.75) is 66.0 Å². The molecule has 0 spiro atoms. The molecule has 2 unspecified atom stereocenters. The Morgan fingerprint density at radius 3 is 2.48 bits per heavy atom. The van der Waals surface area contributed by atoms with Crippen LogP contribution in [0.15, 0.2) is 6.07 Å². The Balaban J connectivity index is 1.84. The molecule has 1 aromatic heterocycles. The molecule has 1 saturated heterocycles. The van der Waals surface area contributed by atoms with E-state index in [1.165, 1.54) is 54.2 Å². The predicted octanol–water partition coefficient (Wildman–Crippen LogP) is 4.53. The molecule has 0 amide bonds. The van der Waals surface area contributed by atoms with E-state index in [2.05, 4.69) is 50.9 Å². The van der Waals surface area contributed by atoms with Gasteiger partial charge in [0, 0.05) is 21.8 Å². The van der Waals surface area contributed by atoms with Gasteiger partial charge in [-0.25, -0.2) is 0 Å². The van der Waals surface area contributed by atoms with Crippen LogP contribution in [-0.2, 0) is 0 Å². The molecule has 2 rings (SSSR count). The van der Waals surface area contributed by atoms with E-state index in [1.807, 2.05) is 11.3 Å². The van der Waals surface area contributed by atoms with Crippen LogP contribution in [0.4, 0.5) is 0 Å². The number of likely N-dealkylation sites (tertiary alicyclic amines) is 1. The Bertz CT molecular complexity index is 432. The first-order chi connectivity index (χ1) is 10.0. The van der Waals surface area contributed by atoms with Crippen molar-refractivity contribution in [3.8, 4) is 0 Å². The molecular formula is C18H32N2S. The first-order valence-electron chi connectivity index (χ1n) is 8.56. The summed E-state index contributed by atoms with van der Waals surface area (Å²) >= 11 is 1.92. The van der Waals surface area contributed by atoms with Crippen molar-refractivity contribution in [1.82, 2.24) is 10.2 Å². The minimum Gasteiger partial charge on any atom is -0.307 e. The highest BCUT2D eigenvalue weighted by Gasteiger charge is 2.25. The third-order valence-corrected chi connectivity index (χ3v) is 5.92. The van der Waals surface area contributed by atoms with Crippen LogP contribution in [0, 0.1) is 19.8 Å². The van der Waals surface area contributed by atoms with Crippen molar-refractivity contribution in [3.05, 3.63) is 21.4 Å². The minimum atomic E-state index is 0.471. The Morgan fingerprint density at radius 2 is 1.95 bits per heavy atom. The van der Waals surface area contributed by atoms with Crippen molar-refractivity contribution in [1.29, 1.82) is 0 Å². The van der Waals surface area contributed by atoms with Crippen molar-refractivity contribution in [2.75, 3.05) is 19.6 Å². The van der Waals surface area contributed by atoms with E-state index in [1.54, 1.807) is 0 Å². The fraction of sp³-hybridized carbons (Fsp3) is 0.778. The summed E-state index contributed by atoms with van der Waals surface area (Å²) in [5.74, 6) is 0.834. The van der Waals surface area contributed by atoms with E-state index < -0.39 is 0 Å². The molecule has 21 heavy (non-hydrogen) atoms. The number of hydrogen-bond acceptors (Lipinski definition) is 3. The molecule has 2 nitrogen and oxygen atoms in total. The van der Waals surface area contributed by atoms with E-state index in [0.29, 0.717) is 12.1 Å². The van der Waals surface area contributed by atoms with Crippen LogP contribution in [0.1, 0.15) is 61.4 Å². The highest BCUT2D eigenvalue weighted by Crippen LogP contribution is 2.28. The zero-order valence-electron chi connectivity index (χ0n) is 14.4. The van der Waals surface area contributed by atoms with Crippen molar-refractivity contribution >= 4 is 11.3 Å². The summed E-state index contributed by atoms with van der Waals surface area (Å²) in [6, 6.07) is 3.44. The van der Waals surface area contributed by atoms with E-state index in [9.17, 15) is 0 Å². The SMILES string of the molecule is CCCN1CCC(C(C)NC(C)c2cc(C)sc2C)CC1. The van der Waals surface area contributed by atoms with Gasteiger partial charge in [0.05, 0.1) is 0 Å². The molecular weight excluding hydrogens is 276 g/mol. The van der Waals surface area contributed by atoms with Gasteiger partial charge in [0.15, 0.2) is 0 Å². The quantitative estimate of drug-likeness (QED) is 0.831. The molecule has 1 aliphatic rings. The minimum absolute atomic E-state index is 0.471. The molecule has 0 radical (unpaired) electrons. The number of nitrogens with one attached hydrogen (secondary N) is 1. The third-order valence-electron chi connectivity index (χ3n) is 4.94. The van der Waals surface area contributed by atoms with Crippen molar-refractivity contribution in [2.24, 2.45) is 5.92 Å². The highest BCUT2D eigenvalue weighted by molar-refractivity contribution is 7.12. The predicted molar refractivity (Wildman–Crippen MR) is 94.3 cm³/mol. The third kappa shape index (κ3) is 4.54. The van der Waals surface area contributed by atoms with Gasteiger partial charge in [-0.1, -0.05) is 6.92 Å². The van der Waals surface area contributed by atoms with E-state index in [0.717, 1.165) is 5.92 Å². The Morgan fingerprint density at radius 1 is 1.29 bits per heavy atom. The zero-order valence-corrected chi connectivity index (χ0v) is 15.2. The molecule has 120 valence electrons. The summed E-state index contributed by atoms with van der Waals surface area (Å²) in [5, 5.41) is 3.85. The smallest absolute Gasteiger partial charge is 0.0305 e. The second-order valence-electron chi connectivity index (χ2n) is 6.72. The van der Waals surface area contributed by atoms with Gasteiger partial charge in [-0.05, 0) is 84.1 Å². The summed E-state index contributed by atoms with van der Waals surface area (Å²) < 4.78 is 0. The van der Waals surface area contributed by atoms with Crippen molar-refractivity contribution < 1.29 is 0 Å². The number of thiophene rings is 1. The van der Waals surface area contributed by atoms with Gasteiger partial charge in [-0.15, -0.1) is 11.3 Å². The standard InChI is InChI=1S/C18H32N2S/c1-6-9-20-10-7-17(8-11-20)14(3)19-15(4)18-12-13(2)21-16(18)5/h12,14-15,17,19H,6-11H2,1-5H3. The van der Waals surface area contributed by atoms with Gasteiger partial charge in [0.1, 0.15) is 0 Å². The highest BCUT2D eigenvalue weighted by atomic mass is 32.1. The fourth-order valence-electron chi connectivity index (χ4n) is 3.69. The summed E-state index contributed by atoms with van der Waals surface area (Å²) in [4.78, 5) is 5.52. The maximum atomic E-state index is 3.85. The topological polar surface area (TPSA) is 15.3 Å². The molecule has 1 N–H and O–H groups in total. The monoisotopic (exact) mass is 308 g/mol. The summed E-state index contributed by atoms with van der Waals surface area (Å²) in [5.41, 5.74) is 1.49. The zero-order chi connectivity index (χ0) is 15.4. The lowest BCUT2D eigenvalue weighted by atomic mass is 9.89. The molecule has 1 aliphatic heterocycles. The molecule has 3 heteroatoms. The number of rotatable bonds is 6. The molecule has 2 heterocycles. The van der Waals surface area contributed by atoms with Gasteiger partial charge in [-0.3, -0.25) is 0 Å². The first kappa shape index (κ1) is 17.0. The van der Waals surface area contributed by atoms with Crippen LogP contribution < -0.4 is 5.32 Å². The normalized spacial score (nSPS) is 20.6. The lowest BCUT2D eigenvalue weighted by molar-refractivity contribution is 0.159. The average Bonchev–Trinajstić information content (AvgIpc) is 2.79. The van der Waals surface area contributed by atoms with Crippen LogP contribution in [0.5, 0.6) is 0 Å². The van der Waals surface area contributed by atoms with Crippen LogP contribution >= 0.6 is 11.3 Å². The van der Waals surface area contributed by atoms with E-state index in [4.69, 9.17) is 0 Å². The Labute approximate surface area is 134 Å². The molecule has 1 aromatic rings. The summed E-state index contributed by atoms with van der Waals surface area (Å²) in [6.07, 6.45) is 3.98. The van der Waals surface area contributed by atoms with Crippen LogP contribution in [0.25, 0.3) is 0 Å². The fourth-order valence-corrected chi connectivity index (χ4v) is 4.72. The van der Waals surface area contributed by atoms with Gasteiger partial charge < -0.3 is 10.2 Å². The molecule has 0 saturated carbocycles. The van der Waals surface area contributed by atoms with Crippen LogP contribution in [0.2, 0.25) is 0 Å². The summed E-state index contributed by atoms with van der Waals surface area (Å²) in [7, 11) is 0. The maximum absolute atomic E-state index is 3.85. The van der Waals surface area contributed by atoms with Crippen LogP contribution in [-0.4, -0.2) is 30.6 Å².